The van der Waals surface area contributed by atoms with Gasteiger partial charge < -0.3 is 9.47 Å². The molecule has 3 heteroatoms. The van der Waals surface area contributed by atoms with Gasteiger partial charge in [-0.15, -0.1) is 0 Å². The van der Waals surface area contributed by atoms with Crippen LogP contribution in [0.5, 0.6) is 0 Å². The molecule has 1 saturated heterocycles. The van der Waals surface area contributed by atoms with Gasteiger partial charge in [-0.3, -0.25) is 0 Å². The van der Waals surface area contributed by atoms with Gasteiger partial charge in [0.1, 0.15) is 5.60 Å². The Bertz CT molecular complexity index is 331. The number of esters is 1. The van der Waals surface area contributed by atoms with Gasteiger partial charge in [0.05, 0.1) is 6.10 Å². The molecule has 0 spiro atoms. The van der Waals surface area contributed by atoms with Crippen LogP contribution in [-0.4, -0.2) is 24.3 Å². The van der Waals surface area contributed by atoms with Gasteiger partial charge in [-0.25, -0.2) is 4.79 Å². The van der Waals surface area contributed by atoms with E-state index in [0.717, 1.165) is 19.4 Å². The average Bonchev–Trinajstić information content (AvgIpc) is 3.28. The van der Waals surface area contributed by atoms with Crippen LogP contribution >= 0.6 is 0 Å². The zero-order chi connectivity index (χ0) is 14.7. The summed E-state index contributed by atoms with van der Waals surface area (Å²) in [7, 11) is 0. The number of hydrogen-bond acceptors (Lipinski definition) is 3. The van der Waals surface area contributed by atoms with Crippen LogP contribution in [0.2, 0.25) is 0 Å². The molecule has 0 N–H and O–H groups in total. The highest BCUT2D eigenvalue weighted by Crippen LogP contribution is 2.51. The van der Waals surface area contributed by atoms with Crippen LogP contribution in [0, 0.1) is 11.8 Å². The molecule has 1 heterocycles. The molecule has 0 aromatic carbocycles. The van der Waals surface area contributed by atoms with Crippen LogP contribution in [0.1, 0.15) is 64.2 Å². The molecule has 3 aliphatic rings. The maximum atomic E-state index is 12.1. The van der Waals surface area contributed by atoms with Crippen molar-refractivity contribution in [3.8, 4) is 0 Å². The molecule has 3 rings (SSSR count). The molecule has 3 fully saturated rings. The number of carbonyl (C=O) groups excluding carboxylic acids is 1. The molecule has 0 aromatic heterocycles. The summed E-state index contributed by atoms with van der Waals surface area (Å²) < 4.78 is 12.2. The molecule has 0 aromatic rings. The first-order chi connectivity index (χ1) is 10.3. The van der Waals surface area contributed by atoms with Crippen molar-refractivity contribution >= 4 is 5.97 Å². The van der Waals surface area contributed by atoms with Crippen molar-refractivity contribution in [3.05, 3.63) is 12.7 Å². The van der Waals surface area contributed by atoms with Crippen LogP contribution in [0.3, 0.4) is 0 Å². The van der Waals surface area contributed by atoms with Crippen molar-refractivity contribution in [2.24, 2.45) is 11.8 Å². The smallest absolute Gasteiger partial charge is 0.330 e. The SMILES string of the molecule is C=CC(=O)OC(C1CCCC1)(C1CCCC1)C1CCCO1. The molecule has 2 aliphatic carbocycles. The summed E-state index contributed by atoms with van der Waals surface area (Å²) in [5.74, 6) is 0.699. The summed E-state index contributed by atoms with van der Waals surface area (Å²) in [5, 5.41) is 0. The van der Waals surface area contributed by atoms with Crippen LogP contribution in [0.15, 0.2) is 12.7 Å². The lowest BCUT2D eigenvalue weighted by Crippen LogP contribution is -2.56. The fraction of sp³-hybridized carbons (Fsp3) is 0.833. The highest BCUT2D eigenvalue weighted by molar-refractivity contribution is 5.81. The second-order valence-electron chi connectivity index (χ2n) is 6.94. The highest BCUT2D eigenvalue weighted by atomic mass is 16.6. The minimum absolute atomic E-state index is 0.104. The molecule has 118 valence electrons. The van der Waals surface area contributed by atoms with Crippen LogP contribution < -0.4 is 0 Å². The first-order valence-corrected chi connectivity index (χ1v) is 8.74. The molecule has 21 heavy (non-hydrogen) atoms. The number of hydrogen-bond donors (Lipinski definition) is 0. The standard InChI is InChI=1S/C18H28O3/c1-2-17(19)21-18(14-8-3-4-9-14,15-10-5-6-11-15)16-12-7-13-20-16/h2,14-16H,1,3-13H2. The second-order valence-corrected chi connectivity index (χ2v) is 6.94. The molecule has 3 nitrogen and oxygen atoms in total. The van der Waals surface area contributed by atoms with E-state index >= 15 is 0 Å². The molecule has 2 saturated carbocycles. The third-order valence-corrected chi connectivity index (χ3v) is 5.86. The molecule has 1 atom stereocenters. The number of carbonyl (C=O) groups is 1. The summed E-state index contributed by atoms with van der Waals surface area (Å²) in [6, 6.07) is 0. The Hall–Kier alpha value is -0.830. The maximum absolute atomic E-state index is 12.1. The van der Waals surface area contributed by atoms with Gasteiger partial charge in [-0.1, -0.05) is 32.3 Å². The van der Waals surface area contributed by atoms with Crippen molar-refractivity contribution in [3.63, 3.8) is 0 Å². The van der Waals surface area contributed by atoms with E-state index in [2.05, 4.69) is 6.58 Å². The van der Waals surface area contributed by atoms with Gasteiger partial charge in [0.15, 0.2) is 0 Å². The Morgan fingerprint density at radius 2 is 1.57 bits per heavy atom. The average molecular weight is 292 g/mol. The molecular weight excluding hydrogens is 264 g/mol. The van der Waals surface area contributed by atoms with E-state index in [-0.39, 0.29) is 17.7 Å². The lowest BCUT2D eigenvalue weighted by atomic mass is 9.70. The van der Waals surface area contributed by atoms with E-state index < -0.39 is 0 Å². The zero-order valence-electron chi connectivity index (χ0n) is 13.0. The number of rotatable bonds is 5. The van der Waals surface area contributed by atoms with Crippen molar-refractivity contribution in [1.29, 1.82) is 0 Å². The minimum Gasteiger partial charge on any atom is -0.453 e. The van der Waals surface area contributed by atoms with Gasteiger partial charge in [-0.05, 0) is 38.5 Å². The molecule has 0 amide bonds. The van der Waals surface area contributed by atoms with Gasteiger partial charge in [-0.2, -0.15) is 0 Å². The Labute approximate surface area is 128 Å². The Morgan fingerprint density at radius 3 is 2.00 bits per heavy atom. The van der Waals surface area contributed by atoms with E-state index in [1.165, 1.54) is 57.4 Å². The van der Waals surface area contributed by atoms with Gasteiger partial charge in [0.25, 0.3) is 0 Å². The van der Waals surface area contributed by atoms with E-state index in [9.17, 15) is 4.79 Å². The second kappa shape index (κ2) is 6.51. The minimum atomic E-state index is -0.380. The van der Waals surface area contributed by atoms with Crippen LogP contribution in [0.4, 0.5) is 0 Å². The van der Waals surface area contributed by atoms with Gasteiger partial charge in [0, 0.05) is 24.5 Å². The van der Waals surface area contributed by atoms with Gasteiger partial charge >= 0.3 is 5.97 Å². The summed E-state index contributed by atoms with van der Waals surface area (Å²) in [5.41, 5.74) is -0.380. The van der Waals surface area contributed by atoms with Gasteiger partial charge in [0.2, 0.25) is 0 Å². The summed E-state index contributed by atoms with van der Waals surface area (Å²) in [6.07, 6.45) is 13.3. The highest BCUT2D eigenvalue weighted by Gasteiger charge is 2.56. The van der Waals surface area contributed by atoms with Crippen molar-refractivity contribution < 1.29 is 14.3 Å². The van der Waals surface area contributed by atoms with Crippen molar-refractivity contribution in [2.45, 2.75) is 75.9 Å². The third-order valence-electron chi connectivity index (χ3n) is 5.86. The van der Waals surface area contributed by atoms with Crippen molar-refractivity contribution in [2.75, 3.05) is 6.61 Å². The maximum Gasteiger partial charge on any atom is 0.330 e. The Kier molecular flexibility index (Phi) is 4.68. The predicted octanol–water partition coefficient (Wildman–Crippen LogP) is 4.01. The van der Waals surface area contributed by atoms with E-state index in [4.69, 9.17) is 9.47 Å². The topological polar surface area (TPSA) is 35.5 Å². The molecule has 1 aliphatic heterocycles. The predicted molar refractivity (Wildman–Crippen MR) is 81.9 cm³/mol. The quantitative estimate of drug-likeness (QED) is 0.567. The summed E-state index contributed by atoms with van der Waals surface area (Å²) in [4.78, 5) is 12.1. The Morgan fingerprint density at radius 1 is 1.00 bits per heavy atom. The molecule has 0 bridgehead atoms. The number of ether oxygens (including phenoxy) is 2. The first kappa shape index (κ1) is 15.1. The molecular formula is C18H28O3. The fourth-order valence-electron chi connectivity index (χ4n) is 4.99. The lowest BCUT2D eigenvalue weighted by molar-refractivity contribution is -0.197. The van der Waals surface area contributed by atoms with E-state index in [0.29, 0.717) is 11.8 Å². The summed E-state index contributed by atoms with van der Waals surface area (Å²) >= 11 is 0. The third kappa shape index (κ3) is 2.77. The fourth-order valence-corrected chi connectivity index (χ4v) is 4.99. The van der Waals surface area contributed by atoms with E-state index in [1.54, 1.807) is 0 Å². The normalized spacial score (nSPS) is 28.1. The largest absolute Gasteiger partial charge is 0.453 e. The Balaban J connectivity index is 1.94. The first-order valence-electron chi connectivity index (χ1n) is 8.74. The summed E-state index contributed by atoms with van der Waals surface area (Å²) in [6.45, 7) is 4.43. The van der Waals surface area contributed by atoms with Crippen molar-refractivity contribution in [1.82, 2.24) is 0 Å². The molecule has 1 unspecified atom stereocenters. The molecule has 0 radical (unpaired) electrons. The monoisotopic (exact) mass is 292 g/mol. The lowest BCUT2D eigenvalue weighted by Gasteiger charge is -2.46. The zero-order valence-corrected chi connectivity index (χ0v) is 13.0. The van der Waals surface area contributed by atoms with E-state index in [1.807, 2.05) is 0 Å². The van der Waals surface area contributed by atoms with Crippen LogP contribution in [-0.2, 0) is 14.3 Å². The van der Waals surface area contributed by atoms with Crippen LogP contribution in [0.25, 0.3) is 0 Å².